The molecule has 0 aliphatic carbocycles. The second kappa shape index (κ2) is 6.63. The zero-order chi connectivity index (χ0) is 20.1. The molecule has 2 nitrogen and oxygen atoms in total. The van der Waals surface area contributed by atoms with E-state index in [1.165, 1.54) is 22.3 Å². The molecule has 2 heteroatoms. The number of aryl methyl sites for hydroxylation is 3. The van der Waals surface area contributed by atoms with Gasteiger partial charge in [-0.1, -0.05) is 49.6 Å². The lowest BCUT2D eigenvalue weighted by molar-refractivity contribution is 0.590. The summed E-state index contributed by atoms with van der Waals surface area (Å²) < 4.78 is 6.09. The number of aromatic nitrogens is 1. The Morgan fingerprint density at radius 2 is 1.36 bits per heavy atom. The van der Waals surface area contributed by atoms with Crippen LogP contribution < -0.4 is 0 Å². The Balaban J connectivity index is 1.80. The molecule has 0 radical (unpaired) electrons. The van der Waals surface area contributed by atoms with Gasteiger partial charge in [-0.05, 0) is 68.1 Å². The van der Waals surface area contributed by atoms with Gasteiger partial charge in [0.2, 0.25) is 0 Å². The molecule has 0 saturated heterocycles. The summed E-state index contributed by atoms with van der Waals surface area (Å²) in [6.45, 7) is 13.1. The summed E-state index contributed by atoms with van der Waals surface area (Å²) in [5.41, 5.74) is 9.24. The van der Waals surface area contributed by atoms with Gasteiger partial charge in [0.05, 0.1) is 11.9 Å². The number of benzene rings is 2. The van der Waals surface area contributed by atoms with Gasteiger partial charge in [0.1, 0.15) is 5.76 Å². The molecule has 2 aromatic carbocycles. The lowest BCUT2D eigenvalue weighted by Gasteiger charge is -2.20. The van der Waals surface area contributed by atoms with Gasteiger partial charge >= 0.3 is 0 Å². The second-order valence-corrected chi connectivity index (χ2v) is 8.93. The molecule has 0 amide bonds. The van der Waals surface area contributed by atoms with E-state index >= 15 is 0 Å². The molecule has 0 saturated carbocycles. The molecular formula is C26H27NO. The number of hydrogen-bond donors (Lipinski definition) is 0. The van der Waals surface area contributed by atoms with Gasteiger partial charge in [0, 0.05) is 16.5 Å². The van der Waals surface area contributed by atoms with Crippen LogP contribution in [0.15, 0.2) is 59.1 Å². The molecule has 2 heterocycles. The van der Waals surface area contributed by atoms with Crippen molar-refractivity contribution in [3.8, 4) is 22.6 Å². The van der Waals surface area contributed by atoms with E-state index in [1.807, 2.05) is 6.20 Å². The molecule has 0 aliphatic heterocycles. The topological polar surface area (TPSA) is 26.0 Å². The van der Waals surface area contributed by atoms with Crippen molar-refractivity contribution in [3.63, 3.8) is 0 Å². The smallest absolute Gasteiger partial charge is 0.153 e. The molecule has 4 rings (SSSR count). The molecule has 0 aliphatic rings. The Kier molecular flexibility index (Phi) is 4.38. The third-order valence-electron chi connectivity index (χ3n) is 5.15. The van der Waals surface area contributed by atoms with E-state index in [9.17, 15) is 0 Å². The van der Waals surface area contributed by atoms with Gasteiger partial charge in [0.25, 0.3) is 0 Å². The summed E-state index contributed by atoms with van der Waals surface area (Å²) in [4.78, 5) is 4.69. The van der Waals surface area contributed by atoms with E-state index < -0.39 is 0 Å². The highest BCUT2D eigenvalue weighted by atomic mass is 16.3. The molecular weight excluding hydrogens is 342 g/mol. The van der Waals surface area contributed by atoms with Crippen molar-refractivity contribution in [3.05, 3.63) is 77.0 Å². The minimum Gasteiger partial charge on any atom is -0.454 e. The molecule has 0 N–H and O–H groups in total. The Labute approximate surface area is 167 Å². The normalized spacial score (nSPS) is 11.9. The Bertz CT molecular complexity index is 1150. The van der Waals surface area contributed by atoms with Crippen LogP contribution in [0.4, 0.5) is 0 Å². The van der Waals surface area contributed by atoms with Gasteiger partial charge in [-0.25, -0.2) is 0 Å². The number of nitrogens with zero attached hydrogens (tertiary/aromatic N) is 1. The maximum atomic E-state index is 6.09. The van der Waals surface area contributed by atoms with Crippen molar-refractivity contribution in [1.82, 2.24) is 4.98 Å². The predicted octanol–water partition coefficient (Wildman–Crippen LogP) is 7.38. The number of rotatable bonds is 2. The highest BCUT2D eigenvalue weighted by Gasteiger charge is 2.16. The van der Waals surface area contributed by atoms with E-state index in [4.69, 9.17) is 4.42 Å². The maximum Gasteiger partial charge on any atom is 0.153 e. The van der Waals surface area contributed by atoms with Crippen LogP contribution in [0.5, 0.6) is 0 Å². The minimum absolute atomic E-state index is 0.108. The van der Waals surface area contributed by atoms with Gasteiger partial charge in [-0.3, -0.25) is 4.98 Å². The first-order valence-corrected chi connectivity index (χ1v) is 9.80. The molecule has 28 heavy (non-hydrogen) atoms. The van der Waals surface area contributed by atoms with E-state index in [-0.39, 0.29) is 5.41 Å². The summed E-state index contributed by atoms with van der Waals surface area (Å²) in [5, 5.41) is 1.08. The van der Waals surface area contributed by atoms with Gasteiger partial charge in [0.15, 0.2) is 5.58 Å². The molecule has 142 valence electrons. The van der Waals surface area contributed by atoms with E-state index in [0.29, 0.717) is 0 Å². The Morgan fingerprint density at radius 1 is 0.714 bits per heavy atom. The van der Waals surface area contributed by atoms with Crippen molar-refractivity contribution in [1.29, 1.82) is 0 Å². The first-order valence-electron chi connectivity index (χ1n) is 9.80. The van der Waals surface area contributed by atoms with Crippen LogP contribution in [0.3, 0.4) is 0 Å². The van der Waals surface area contributed by atoms with Crippen molar-refractivity contribution in [2.24, 2.45) is 0 Å². The standard InChI is InChI=1S/C26H27NO/c1-16-7-17(2)10-20(9-16)24-14-21-13-23(27-15-25(21)28-24)19-8-18(3)11-22(12-19)26(4,5)6/h7-15H,1-6H3. The van der Waals surface area contributed by atoms with E-state index in [1.54, 1.807) is 0 Å². The fraction of sp³-hybridized carbons (Fsp3) is 0.269. The third kappa shape index (κ3) is 3.60. The first kappa shape index (κ1) is 18.5. The number of furan rings is 1. The van der Waals surface area contributed by atoms with Crippen LogP contribution >= 0.6 is 0 Å². The molecule has 0 atom stereocenters. The van der Waals surface area contributed by atoms with Crippen LogP contribution in [0.2, 0.25) is 0 Å². The first-order chi connectivity index (χ1) is 13.2. The fourth-order valence-corrected chi connectivity index (χ4v) is 3.73. The van der Waals surface area contributed by atoms with Crippen LogP contribution in [-0.4, -0.2) is 4.98 Å². The fourth-order valence-electron chi connectivity index (χ4n) is 3.73. The molecule has 2 aromatic heterocycles. The Hall–Kier alpha value is -2.87. The van der Waals surface area contributed by atoms with Crippen LogP contribution in [0, 0.1) is 20.8 Å². The molecule has 0 spiro atoms. The largest absolute Gasteiger partial charge is 0.454 e. The SMILES string of the molecule is Cc1cc(C)cc(-c2cc3cc(-c4cc(C)cc(C(C)(C)C)c4)ncc3o2)c1. The average molecular weight is 370 g/mol. The average Bonchev–Trinajstić information content (AvgIpc) is 3.03. The van der Waals surface area contributed by atoms with Crippen LogP contribution in [-0.2, 0) is 5.41 Å². The molecule has 0 unspecified atom stereocenters. The molecule has 0 bridgehead atoms. The lowest BCUT2D eigenvalue weighted by Crippen LogP contribution is -2.11. The summed E-state index contributed by atoms with van der Waals surface area (Å²) in [6, 6.07) is 17.5. The molecule has 0 fully saturated rings. The van der Waals surface area contributed by atoms with Crippen LogP contribution in [0.1, 0.15) is 43.0 Å². The summed E-state index contributed by atoms with van der Waals surface area (Å²) in [7, 11) is 0. The van der Waals surface area contributed by atoms with Crippen molar-refractivity contribution >= 4 is 11.0 Å². The second-order valence-electron chi connectivity index (χ2n) is 8.93. The Morgan fingerprint density at radius 3 is 2.04 bits per heavy atom. The summed E-state index contributed by atoms with van der Waals surface area (Å²) in [6.07, 6.45) is 1.84. The maximum absolute atomic E-state index is 6.09. The zero-order valence-electron chi connectivity index (χ0n) is 17.6. The number of fused-ring (bicyclic) bond motifs is 1. The number of pyridine rings is 1. The van der Waals surface area contributed by atoms with Gasteiger partial charge < -0.3 is 4.42 Å². The van der Waals surface area contributed by atoms with Crippen molar-refractivity contribution < 1.29 is 4.42 Å². The lowest BCUT2D eigenvalue weighted by atomic mass is 9.85. The highest BCUT2D eigenvalue weighted by Crippen LogP contribution is 2.33. The quantitative estimate of drug-likeness (QED) is 0.368. The van der Waals surface area contributed by atoms with Crippen molar-refractivity contribution in [2.75, 3.05) is 0 Å². The monoisotopic (exact) mass is 369 g/mol. The van der Waals surface area contributed by atoms with Crippen molar-refractivity contribution in [2.45, 2.75) is 47.0 Å². The number of hydrogen-bond acceptors (Lipinski definition) is 2. The summed E-state index contributed by atoms with van der Waals surface area (Å²) in [5.74, 6) is 0.889. The molecule has 4 aromatic rings. The van der Waals surface area contributed by atoms with E-state index in [0.717, 1.165) is 33.6 Å². The van der Waals surface area contributed by atoms with Gasteiger partial charge in [-0.2, -0.15) is 0 Å². The summed E-state index contributed by atoms with van der Waals surface area (Å²) >= 11 is 0. The minimum atomic E-state index is 0.108. The highest BCUT2D eigenvalue weighted by molar-refractivity contribution is 5.85. The zero-order valence-corrected chi connectivity index (χ0v) is 17.6. The van der Waals surface area contributed by atoms with E-state index in [2.05, 4.69) is 95.1 Å². The van der Waals surface area contributed by atoms with Crippen LogP contribution in [0.25, 0.3) is 33.6 Å². The third-order valence-corrected chi connectivity index (χ3v) is 5.15. The predicted molar refractivity (Wildman–Crippen MR) is 118 cm³/mol. The van der Waals surface area contributed by atoms with Gasteiger partial charge in [-0.15, -0.1) is 0 Å².